The molecule has 1 aliphatic carbocycles. The third kappa shape index (κ3) is 4.83. The van der Waals surface area contributed by atoms with Gasteiger partial charge >= 0.3 is 0 Å². The Labute approximate surface area is 117 Å². The van der Waals surface area contributed by atoms with Crippen LogP contribution in [0, 0.1) is 0 Å². The van der Waals surface area contributed by atoms with E-state index in [1.54, 1.807) is 0 Å². The first kappa shape index (κ1) is 14.3. The minimum absolute atomic E-state index is 0.663. The van der Waals surface area contributed by atoms with Crippen LogP contribution < -0.4 is 5.32 Å². The zero-order valence-electron chi connectivity index (χ0n) is 12.1. The largest absolute Gasteiger partial charge is 0.316 e. The molecule has 1 fully saturated rings. The lowest BCUT2D eigenvalue weighted by molar-refractivity contribution is 0.464. The van der Waals surface area contributed by atoms with Crippen molar-refractivity contribution in [3.8, 4) is 0 Å². The summed E-state index contributed by atoms with van der Waals surface area (Å²) in [5.74, 6) is 0. The number of allylic oxidation sites excluding steroid dienone is 1. The molecular weight excluding hydrogens is 234 g/mol. The average molecular weight is 261 g/mol. The molecule has 0 aromatic carbocycles. The monoisotopic (exact) mass is 261 g/mol. The fourth-order valence-corrected chi connectivity index (χ4v) is 2.67. The van der Waals surface area contributed by atoms with E-state index >= 15 is 0 Å². The highest BCUT2D eigenvalue weighted by molar-refractivity contribution is 5.05. The number of nitrogens with one attached hydrogen (secondary N) is 1. The summed E-state index contributed by atoms with van der Waals surface area (Å²) >= 11 is 0. The van der Waals surface area contributed by atoms with E-state index < -0.39 is 0 Å². The molecule has 106 valence electrons. The zero-order chi connectivity index (χ0) is 13.3. The second-order valence-corrected chi connectivity index (χ2v) is 5.44. The van der Waals surface area contributed by atoms with Crippen LogP contribution >= 0.6 is 0 Å². The smallest absolute Gasteiger partial charge is 0.0662 e. The molecule has 19 heavy (non-hydrogen) atoms. The topological polar surface area (TPSA) is 29.9 Å². The fourth-order valence-electron chi connectivity index (χ4n) is 2.67. The van der Waals surface area contributed by atoms with E-state index in [4.69, 9.17) is 0 Å². The second-order valence-electron chi connectivity index (χ2n) is 5.44. The third-order valence-electron chi connectivity index (χ3n) is 3.77. The molecule has 1 heterocycles. The quantitative estimate of drug-likeness (QED) is 0.573. The molecule has 1 N–H and O–H groups in total. The van der Waals surface area contributed by atoms with Crippen LogP contribution in [0.3, 0.4) is 0 Å². The van der Waals surface area contributed by atoms with Crippen LogP contribution in [0.15, 0.2) is 24.4 Å². The van der Waals surface area contributed by atoms with Gasteiger partial charge in [-0.15, -0.1) is 0 Å². The standard InChI is InChI=1S/C16H27N3/c1-2-12-17-13-7-3-4-8-15-11-14-19(18-15)16-9-5-6-10-16/h3-4,11,14,16-17H,2,5-10,12-13H2,1H3. The van der Waals surface area contributed by atoms with Gasteiger partial charge in [-0.25, -0.2) is 0 Å². The van der Waals surface area contributed by atoms with Crippen LogP contribution in [0.25, 0.3) is 0 Å². The van der Waals surface area contributed by atoms with Crippen molar-refractivity contribution in [2.24, 2.45) is 0 Å². The Hall–Kier alpha value is -1.09. The molecule has 1 aromatic rings. The lowest BCUT2D eigenvalue weighted by Crippen LogP contribution is -2.15. The van der Waals surface area contributed by atoms with Crippen molar-refractivity contribution in [1.29, 1.82) is 0 Å². The molecule has 1 aliphatic rings. The molecule has 0 bridgehead atoms. The number of hydrogen-bond donors (Lipinski definition) is 1. The molecule has 0 aliphatic heterocycles. The van der Waals surface area contributed by atoms with Crippen molar-refractivity contribution < 1.29 is 0 Å². The predicted molar refractivity (Wildman–Crippen MR) is 80.4 cm³/mol. The Balaban J connectivity index is 1.66. The average Bonchev–Trinajstić information content (AvgIpc) is 3.08. The Morgan fingerprint density at radius 1 is 1.32 bits per heavy atom. The first-order valence-corrected chi connectivity index (χ1v) is 7.80. The van der Waals surface area contributed by atoms with Gasteiger partial charge in [0.05, 0.1) is 11.7 Å². The number of hydrogen-bond acceptors (Lipinski definition) is 2. The summed E-state index contributed by atoms with van der Waals surface area (Å²) in [5, 5.41) is 8.09. The van der Waals surface area contributed by atoms with Gasteiger partial charge in [0.1, 0.15) is 0 Å². The van der Waals surface area contributed by atoms with Gasteiger partial charge in [0.25, 0.3) is 0 Å². The lowest BCUT2D eigenvalue weighted by Gasteiger charge is -2.08. The highest BCUT2D eigenvalue weighted by Gasteiger charge is 2.17. The summed E-state index contributed by atoms with van der Waals surface area (Å²) < 4.78 is 2.18. The molecular formula is C16H27N3. The highest BCUT2D eigenvalue weighted by atomic mass is 15.3. The van der Waals surface area contributed by atoms with Crippen molar-refractivity contribution in [3.05, 3.63) is 30.1 Å². The maximum absolute atomic E-state index is 4.69. The molecule has 0 radical (unpaired) electrons. The normalized spacial score (nSPS) is 16.7. The molecule has 2 rings (SSSR count). The maximum Gasteiger partial charge on any atom is 0.0662 e. The van der Waals surface area contributed by atoms with Crippen molar-refractivity contribution in [1.82, 2.24) is 15.1 Å². The molecule has 0 amide bonds. The summed E-state index contributed by atoms with van der Waals surface area (Å²) in [6.07, 6.45) is 15.3. The summed E-state index contributed by atoms with van der Waals surface area (Å²) in [4.78, 5) is 0. The van der Waals surface area contributed by atoms with Crippen LogP contribution in [-0.2, 0) is 6.42 Å². The molecule has 0 unspecified atom stereocenters. The summed E-state index contributed by atoms with van der Waals surface area (Å²) in [5.41, 5.74) is 1.20. The maximum atomic E-state index is 4.69. The van der Waals surface area contributed by atoms with E-state index in [9.17, 15) is 0 Å². The van der Waals surface area contributed by atoms with Gasteiger partial charge in [0, 0.05) is 12.6 Å². The molecule has 1 saturated carbocycles. The van der Waals surface area contributed by atoms with Crippen LogP contribution in [0.1, 0.15) is 57.2 Å². The van der Waals surface area contributed by atoms with Crippen molar-refractivity contribution in [2.45, 2.75) is 57.9 Å². The van der Waals surface area contributed by atoms with Crippen molar-refractivity contribution >= 4 is 0 Å². The van der Waals surface area contributed by atoms with Crippen LogP contribution in [0.4, 0.5) is 0 Å². The van der Waals surface area contributed by atoms with Gasteiger partial charge < -0.3 is 5.32 Å². The molecule has 0 spiro atoms. The van der Waals surface area contributed by atoms with E-state index in [-0.39, 0.29) is 0 Å². The molecule has 1 aromatic heterocycles. The Morgan fingerprint density at radius 2 is 2.16 bits per heavy atom. The molecule has 0 atom stereocenters. The van der Waals surface area contributed by atoms with Gasteiger partial charge in [0.15, 0.2) is 0 Å². The molecule has 0 saturated heterocycles. The van der Waals surface area contributed by atoms with Gasteiger partial charge in [-0.05, 0) is 44.8 Å². The van der Waals surface area contributed by atoms with Crippen molar-refractivity contribution in [3.63, 3.8) is 0 Å². The van der Waals surface area contributed by atoms with E-state index in [2.05, 4.69) is 46.4 Å². The Kier molecular flexibility index (Phi) is 6.15. The van der Waals surface area contributed by atoms with E-state index in [0.29, 0.717) is 6.04 Å². The van der Waals surface area contributed by atoms with Crippen LogP contribution in [0.5, 0.6) is 0 Å². The van der Waals surface area contributed by atoms with Gasteiger partial charge in [-0.3, -0.25) is 4.68 Å². The van der Waals surface area contributed by atoms with E-state index in [1.165, 1.54) is 37.8 Å². The summed E-state index contributed by atoms with van der Waals surface area (Å²) in [6.45, 7) is 4.41. The summed E-state index contributed by atoms with van der Waals surface area (Å²) in [7, 11) is 0. The van der Waals surface area contributed by atoms with Gasteiger partial charge in [-0.1, -0.05) is 31.9 Å². The third-order valence-corrected chi connectivity index (χ3v) is 3.77. The van der Waals surface area contributed by atoms with Crippen molar-refractivity contribution in [2.75, 3.05) is 13.1 Å². The Morgan fingerprint density at radius 3 is 2.95 bits per heavy atom. The first-order valence-electron chi connectivity index (χ1n) is 7.80. The number of rotatable bonds is 8. The van der Waals surface area contributed by atoms with E-state index in [0.717, 1.165) is 25.9 Å². The summed E-state index contributed by atoms with van der Waals surface area (Å²) in [6, 6.07) is 2.83. The number of nitrogens with zero attached hydrogens (tertiary/aromatic N) is 2. The van der Waals surface area contributed by atoms with Gasteiger partial charge in [-0.2, -0.15) is 5.10 Å². The first-order chi connectivity index (χ1) is 9.40. The van der Waals surface area contributed by atoms with Crippen LogP contribution in [-0.4, -0.2) is 22.9 Å². The Bertz CT molecular complexity index is 375. The van der Waals surface area contributed by atoms with E-state index in [1.807, 2.05) is 0 Å². The fraction of sp³-hybridized carbons (Fsp3) is 0.688. The van der Waals surface area contributed by atoms with Crippen LogP contribution in [0.2, 0.25) is 0 Å². The SMILES string of the molecule is CCCNCCC=CCc1ccn(C2CCCC2)n1. The lowest BCUT2D eigenvalue weighted by atomic mass is 10.2. The molecule has 3 nitrogen and oxygen atoms in total. The molecule has 3 heteroatoms. The zero-order valence-corrected chi connectivity index (χ0v) is 12.1. The second kappa shape index (κ2) is 8.16. The highest BCUT2D eigenvalue weighted by Crippen LogP contribution is 2.28. The predicted octanol–water partition coefficient (Wildman–Crippen LogP) is 3.49. The minimum Gasteiger partial charge on any atom is -0.316 e. The number of aromatic nitrogens is 2. The minimum atomic E-state index is 0.663. The van der Waals surface area contributed by atoms with Gasteiger partial charge in [0.2, 0.25) is 0 Å².